The number of hydrogen-bond acceptors (Lipinski definition) is 5. The number of hydroxylamine groups is 1. The number of benzene rings is 2. The van der Waals surface area contributed by atoms with Crippen LogP contribution in [0.15, 0.2) is 66.3 Å². The van der Waals surface area contributed by atoms with Gasteiger partial charge in [0.1, 0.15) is 0 Å². The Kier molecular flexibility index (Phi) is 5.04. The molecule has 0 bridgehead atoms. The maximum atomic E-state index is 12.2. The smallest absolute Gasteiger partial charge is 0.288 e. The second-order valence-corrected chi connectivity index (χ2v) is 5.50. The van der Waals surface area contributed by atoms with Gasteiger partial charge in [0.15, 0.2) is 0 Å². The van der Waals surface area contributed by atoms with Crippen LogP contribution >= 0.6 is 0 Å². The van der Waals surface area contributed by atoms with Crippen molar-refractivity contribution in [1.29, 1.82) is 0 Å². The lowest BCUT2D eigenvalue weighted by Crippen LogP contribution is -2.32. The van der Waals surface area contributed by atoms with Gasteiger partial charge in [-0.1, -0.05) is 36.4 Å². The molecule has 1 amide bonds. The molecule has 0 spiro atoms. The van der Waals surface area contributed by atoms with Gasteiger partial charge in [-0.2, -0.15) is 0 Å². The third kappa shape index (κ3) is 3.93. The topological polar surface area (TPSA) is 95.4 Å². The van der Waals surface area contributed by atoms with E-state index in [0.29, 0.717) is 11.1 Å². The zero-order valence-electron chi connectivity index (χ0n) is 14.3. The van der Waals surface area contributed by atoms with Gasteiger partial charge in [-0.3, -0.25) is 9.63 Å². The molecule has 0 saturated carbocycles. The van der Waals surface area contributed by atoms with Crippen LogP contribution < -0.4 is 15.3 Å². The molecule has 0 aliphatic rings. The van der Waals surface area contributed by atoms with Gasteiger partial charge in [0.2, 0.25) is 6.33 Å². The summed E-state index contributed by atoms with van der Waals surface area (Å²) in [4.78, 5) is 16.3. The zero-order valence-corrected chi connectivity index (χ0v) is 14.3. The third-order valence-corrected chi connectivity index (χ3v) is 3.65. The molecule has 0 radical (unpaired) electrons. The average Bonchev–Trinajstić information content (AvgIpc) is 3.07. The lowest BCUT2D eigenvalue weighted by Gasteiger charge is -2.10. The number of hydrogen-bond donors (Lipinski definition) is 1. The highest BCUT2D eigenvalue weighted by Gasteiger charge is 2.06. The molecule has 8 heteroatoms. The summed E-state index contributed by atoms with van der Waals surface area (Å²) in [6.07, 6.45) is 3.04. The largest absolute Gasteiger partial charge is 0.856 e. The summed E-state index contributed by atoms with van der Waals surface area (Å²) in [5, 5.41) is 20.1. The molecule has 26 heavy (non-hydrogen) atoms. The standard InChI is InChI=1S/C18H17N5O3/c1-22-12-23(11-19-22)20-17(24)15-7-3-13(4-8-15)14-5-9-16(10-6-14)18(25)21-26-2/h3-12H,1-2H3,(H-,20,21,24,25). The van der Waals surface area contributed by atoms with Gasteiger partial charge in [0.25, 0.3) is 12.2 Å². The molecule has 1 heterocycles. The van der Waals surface area contributed by atoms with Crippen LogP contribution in [0.4, 0.5) is 0 Å². The Balaban J connectivity index is 1.77. The number of nitrogens with zero attached hydrogens (tertiary/aromatic N) is 4. The van der Waals surface area contributed by atoms with Crippen molar-refractivity contribution in [2.24, 2.45) is 12.1 Å². The van der Waals surface area contributed by atoms with Crippen LogP contribution in [0.25, 0.3) is 11.1 Å². The van der Waals surface area contributed by atoms with Crippen molar-refractivity contribution in [3.63, 3.8) is 0 Å². The van der Waals surface area contributed by atoms with Crippen molar-refractivity contribution < 1.29 is 19.4 Å². The second-order valence-electron chi connectivity index (χ2n) is 5.50. The van der Waals surface area contributed by atoms with Crippen molar-refractivity contribution in [1.82, 2.24) is 15.3 Å². The summed E-state index contributed by atoms with van der Waals surface area (Å²) in [5.41, 5.74) is 5.09. The first-order chi connectivity index (χ1) is 12.6. The number of rotatable bonds is 5. The van der Waals surface area contributed by atoms with E-state index < -0.39 is 0 Å². The molecular formula is C18H17N5O3. The van der Waals surface area contributed by atoms with Crippen LogP contribution in [0, 0.1) is 0 Å². The molecule has 0 saturated heterocycles. The molecule has 0 fully saturated rings. The van der Waals surface area contributed by atoms with Gasteiger partial charge < -0.3 is 5.11 Å². The Labute approximate surface area is 149 Å². The van der Waals surface area contributed by atoms with E-state index in [0.717, 1.165) is 11.1 Å². The highest BCUT2D eigenvalue weighted by molar-refractivity contribution is 5.94. The number of amides is 1. The Morgan fingerprint density at radius 2 is 1.69 bits per heavy atom. The monoisotopic (exact) mass is 351 g/mol. The molecule has 1 aromatic heterocycles. The molecule has 8 nitrogen and oxygen atoms in total. The average molecular weight is 351 g/mol. The van der Waals surface area contributed by atoms with Crippen LogP contribution in [0.2, 0.25) is 0 Å². The Hall–Kier alpha value is -3.52. The molecule has 0 aliphatic heterocycles. The molecule has 1 N–H and O–H groups in total. The summed E-state index contributed by atoms with van der Waals surface area (Å²) in [6.45, 7) is 0. The quantitative estimate of drug-likeness (QED) is 0.308. The van der Waals surface area contributed by atoms with Crippen molar-refractivity contribution >= 4 is 11.8 Å². The number of aryl methyl sites for hydroxylation is 1. The van der Waals surface area contributed by atoms with E-state index in [1.165, 1.54) is 18.1 Å². The maximum absolute atomic E-state index is 12.2. The lowest BCUT2D eigenvalue weighted by atomic mass is 10.0. The number of aromatic nitrogens is 3. The molecule has 3 aromatic rings. The molecule has 0 aliphatic carbocycles. The van der Waals surface area contributed by atoms with E-state index in [2.05, 4.69) is 20.5 Å². The summed E-state index contributed by atoms with van der Waals surface area (Å²) in [5.74, 6) is -0.671. The predicted octanol–water partition coefficient (Wildman–Crippen LogP) is 0.236. The van der Waals surface area contributed by atoms with E-state index in [1.54, 1.807) is 42.3 Å². The fourth-order valence-electron chi connectivity index (χ4n) is 2.35. The second kappa shape index (κ2) is 7.58. The number of nitrogens with one attached hydrogen (secondary N) is 1. The van der Waals surface area contributed by atoms with E-state index in [9.17, 15) is 9.90 Å². The first-order valence-electron chi connectivity index (χ1n) is 7.77. The third-order valence-electron chi connectivity index (χ3n) is 3.65. The highest BCUT2D eigenvalue weighted by Crippen LogP contribution is 2.20. The van der Waals surface area contributed by atoms with Gasteiger partial charge in [-0.25, -0.2) is 5.48 Å². The summed E-state index contributed by atoms with van der Waals surface area (Å²) < 4.78 is 2.91. The van der Waals surface area contributed by atoms with Gasteiger partial charge >= 0.3 is 0 Å². The van der Waals surface area contributed by atoms with Crippen LogP contribution in [-0.4, -0.2) is 28.7 Å². The van der Waals surface area contributed by atoms with Gasteiger partial charge in [0, 0.05) is 16.6 Å². The van der Waals surface area contributed by atoms with E-state index in [-0.39, 0.29) is 11.8 Å². The fourth-order valence-corrected chi connectivity index (χ4v) is 2.35. The molecular weight excluding hydrogens is 334 g/mol. The van der Waals surface area contributed by atoms with Crippen molar-refractivity contribution in [2.75, 3.05) is 7.11 Å². The fraction of sp³-hybridized carbons (Fsp3) is 0.111. The maximum Gasteiger partial charge on any atom is 0.288 e. The number of carbonyl (C=O) groups excluding carboxylic acids is 1. The normalized spacial score (nSPS) is 11.4. The molecule has 0 unspecified atom stereocenters. The molecule has 0 atom stereocenters. The minimum absolute atomic E-state index is 0.311. The first kappa shape index (κ1) is 17.3. The van der Waals surface area contributed by atoms with Gasteiger partial charge in [-0.05, 0) is 28.8 Å². The van der Waals surface area contributed by atoms with Crippen molar-refractivity contribution in [3.8, 4) is 11.1 Å². The summed E-state index contributed by atoms with van der Waals surface area (Å²) in [6, 6.07) is 14.2. The first-order valence-corrected chi connectivity index (χ1v) is 7.77. The van der Waals surface area contributed by atoms with Crippen LogP contribution in [-0.2, 0) is 11.9 Å². The molecule has 2 aromatic carbocycles. The van der Waals surface area contributed by atoms with Crippen molar-refractivity contribution in [2.45, 2.75) is 0 Å². The van der Waals surface area contributed by atoms with Crippen molar-refractivity contribution in [3.05, 3.63) is 72.3 Å². The summed E-state index contributed by atoms with van der Waals surface area (Å²) in [7, 11) is 3.13. The SMILES string of the molecule is CONC(=O)c1ccc(-c2ccc(C([O-])=N[n+]3cnn(C)c3)cc2)cc1. The van der Waals surface area contributed by atoms with Gasteiger partial charge in [0.05, 0.1) is 14.2 Å². The minimum Gasteiger partial charge on any atom is -0.856 e. The van der Waals surface area contributed by atoms with E-state index in [1.807, 2.05) is 24.3 Å². The Bertz CT molecular complexity index is 930. The van der Waals surface area contributed by atoms with Crippen LogP contribution in [0.1, 0.15) is 15.9 Å². The molecule has 3 rings (SSSR count). The minimum atomic E-state index is -0.360. The number of carbonyl (C=O) groups is 1. The Morgan fingerprint density at radius 3 is 2.19 bits per heavy atom. The lowest BCUT2D eigenvalue weighted by molar-refractivity contribution is -0.682. The predicted molar refractivity (Wildman–Crippen MR) is 91.7 cm³/mol. The van der Waals surface area contributed by atoms with Gasteiger partial charge in [-0.15, -0.1) is 14.5 Å². The zero-order chi connectivity index (χ0) is 18.5. The van der Waals surface area contributed by atoms with E-state index >= 15 is 0 Å². The molecule has 132 valence electrons. The van der Waals surface area contributed by atoms with Crippen LogP contribution in [0.5, 0.6) is 0 Å². The highest BCUT2D eigenvalue weighted by atomic mass is 16.6. The van der Waals surface area contributed by atoms with E-state index in [4.69, 9.17) is 0 Å². The van der Waals surface area contributed by atoms with Crippen LogP contribution in [0.3, 0.4) is 0 Å². The summed E-state index contributed by atoms with van der Waals surface area (Å²) >= 11 is 0. The Morgan fingerprint density at radius 1 is 1.12 bits per heavy atom.